The fraction of sp³-hybridized carbons (Fsp3) is 0.692. The van der Waals surface area contributed by atoms with Gasteiger partial charge in [0.15, 0.2) is 0 Å². The second-order valence-corrected chi connectivity index (χ2v) is 4.93. The Morgan fingerprint density at radius 2 is 1.94 bits per heavy atom. The van der Waals surface area contributed by atoms with E-state index >= 15 is 0 Å². The highest BCUT2D eigenvalue weighted by molar-refractivity contribution is 5.93. The summed E-state index contributed by atoms with van der Waals surface area (Å²) < 4.78 is 0. The summed E-state index contributed by atoms with van der Waals surface area (Å²) in [5.74, 6) is 0.0703. The fourth-order valence-electron chi connectivity index (χ4n) is 2.26. The maximum atomic E-state index is 11.7. The van der Waals surface area contributed by atoms with Gasteiger partial charge >= 0.3 is 5.97 Å². The minimum Gasteiger partial charge on any atom is -0.478 e. The zero-order valence-electron chi connectivity index (χ0n) is 10.6. The Morgan fingerprint density at radius 1 is 1.24 bits per heavy atom. The van der Waals surface area contributed by atoms with E-state index in [0.29, 0.717) is 11.8 Å². The summed E-state index contributed by atoms with van der Waals surface area (Å²) in [5, 5.41) is 8.47. The van der Waals surface area contributed by atoms with E-state index in [-0.39, 0.29) is 5.91 Å². The number of carboxylic acids is 1. The number of amides is 1. The van der Waals surface area contributed by atoms with Crippen molar-refractivity contribution in [1.29, 1.82) is 0 Å². The molecule has 0 aromatic heterocycles. The predicted molar refractivity (Wildman–Crippen MR) is 65.5 cm³/mol. The Morgan fingerprint density at radius 3 is 2.53 bits per heavy atom. The van der Waals surface area contributed by atoms with Gasteiger partial charge in [-0.05, 0) is 31.1 Å². The summed E-state index contributed by atoms with van der Waals surface area (Å²) in [5.41, 5.74) is 0. The molecule has 1 rings (SSSR count). The van der Waals surface area contributed by atoms with Crippen LogP contribution in [0.1, 0.15) is 33.1 Å². The molecule has 1 N–H and O–H groups in total. The minimum absolute atomic E-state index is 0.184. The quantitative estimate of drug-likeness (QED) is 0.765. The summed E-state index contributed by atoms with van der Waals surface area (Å²) in [7, 11) is 0. The molecule has 1 unspecified atom stereocenters. The molecule has 1 aliphatic heterocycles. The van der Waals surface area contributed by atoms with Crippen LogP contribution in [-0.2, 0) is 9.59 Å². The van der Waals surface area contributed by atoms with Crippen molar-refractivity contribution in [2.45, 2.75) is 33.1 Å². The first-order valence-corrected chi connectivity index (χ1v) is 6.20. The highest BCUT2D eigenvalue weighted by Gasteiger charge is 2.21. The van der Waals surface area contributed by atoms with Crippen molar-refractivity contribution in [3.63, 3.8) is 0 Å². The van der Waals surface area contributed by atoms with Gasteiger partial charge in [-0.3, -0.25) is 4.79 Å². The van der Waals surface area contributed by atoms with Crippen molar-refractivity contribution >= 4 is 11.9 Å². The van der Waals surface area contributed by atoms with Crippen molar-refractivity contribution in [3.8, 4) is 0 Å². The molecule has 96 valence electrons. The van der Waals surface area contributed by atoms with Crippen LogP contribution in [-0.4, -0.2) is 35.0 Å². The Labute approximate surface area is 102 Å². The Kier molecular flexibility index (Phi) is 5.19. The molecule has 1 saturated heterocycles. The van der Waals surface area contributed by atoms with Gasteiger partial charge in [0, 0.05) is 25.2 Å². The predicted octanol–water partition coefficient (Wildman–Crippen LogP) is 1.91. The average molecular weight is 239 g/mol. The highest BCUT2D eigenvalue weighted by atomic mass is 16.4. The van der Waals surface area contributed by atoms with Crippen molar-refractivity contribution in [2.24, 2.45) is 11.8 Å². The van der Waals surface area contributed by atoms with Crippen LogP contribution in [0.4, 0.5) is 0 Å². The number of carboxylic acid groups (broad SMARTS) is 1. The molecule has 0 radical (unpaired) electrons. The normalized spacial score (nSPS) is 21.8. The van der Waals surface area contributed by atoms with Crippen molar-refractivity contribution in [2.75, 3.05) is 13.1 Å². The van der Waals surface area contributed by atoms with E-state index in [1.165, 1.54) is 0 Å². The molecule has 1 aliphatic rings. The SMILES string of the molecule is CC(C)C1CCCN(C(=O)C=CC(=O)O)CC1. The first-order valence-electron chi connectivity index (χ1n) is 6.20. The first-order chi connectivity index (χ1) is 8.00. The summed E-state index contributed by atoms with van der Waals surface area (Å²) in [4.78, 5) is 23.8. The molecule has 0 bridgehead atoms. The smallest absolute Gasteiger partial charge is 0.328 e. The fourth-order valence-corrected chi connectivity index (χ4v) is 2.26. The number of hydrogen-bond donors (Lipinski definition) is 1. The molecule has 4 heteroatoms. The summed E-state index contributed by atoms with van der Waals surface area (Å²) in [6, 6.07) is 0. The van der Waals surface area contributed by atoms with Crippen molar-refractivity contribution < 1.29 is 14.7 Å². The lowest BCUT2D eigenvalue weighted by atomic mass is 9.89. The maximum absolute atomic E-state index is 11.7. The van der Waals surface area contributed by atoms with Gasteiger partial charge < -0.3 is 10.0 Å². The van der Waals surface area contributed by atoms with Crippen LogP contribution in [0.2, 0.25) is 0 Å². The molecule has 1 heterocycles. The topological polar surface area (TPSA) is 57.6 Å². The van der Waals surface area contributed by atoms with Crippen LogP contribution in [0.5, 0.6) is 0 Å². The van der Waals surface area contributed by atoms with E-state index in [4.69, 9.17) is 5.11 Å². The molecule has 0 aromatic rings. The summed E-state index contributed by atoms with van der Waals surface area (Å²) >= 11 is 0. The monoisotopic (exact) mass is 239 g/mol. The van der Waals surface area contributed by atoms with Crippen LogP contribution >= 0.6 is 0 Å². The van der Waals surface area contributed by atoms with E-state index in [2.05, 4.69) is 13.8 Å². The van der Waals surface area contributed by atoms with Crippen LogP contribution < -0.4 is 0 Å². The van der Waals surface area contributed by atoms with E-state index in [9.17, 15) is 9.59 Å². The number of nitrogens with zero attached hydrogens (tertiary/aromatic N) is 1. The van der Waals surface area contributed by atoms with E-state index < -0.39 is 5.97 Å². The van der Waals surface area contributed by atoms with Gasteiger partial charge in [-0.25, -0.2) is 4.79 Å². The molecular formula is C13H21NO3. The minimum atomic E-state index is -1.08. The third-order valence-corrected chi connectivity index (χ3v) is 3.40. The van der Waals surface area contributed by atoms with Gasteiger partial charge in [0.05, 0.1) is 0 Å². The van der Waals surface area contributed by atoms with Gasteiger partial charge in [-0.1, -0.05) is 13.8 Å². The molecule has 4 nitrogen and oxygen atoms in total. The molecule has 0 spiro atoms. The largest absolute Gasteiger partial charge is 0.478 e. The molecule has 1 atom stereocenters. The van der Waals surface area contributed by atoms with Gasteiger partial charge in [-0.2, -0.15) is 0 Å². The second kappa shape index (κ2) is 6.42. The van der Waals surface area contributed by atoms with Gasteiger partial charge in [0.1, 0.15) is 0 Å². The van der Waals surface area contributed by atoms with Gasteiger partial charge in [0.25, 0.3) is 0 Å². The third-order valence-electron chi connectivity index (χ3n) is 3.40. The first kappa shape index (κ1) is 13.7. The second-order valence-electron chi connectivity index (χ2n) is 4.93. The van der Waals surface area contributed by atoms with Crippen LogP contribution in [0, 0.1) is 11.8 Å². The number of likely N-dealkylation sites (tertiary alicyclic amines) is 1. The lowest BCUT2D eigenvalue weighted by Gasteiger charge is -2.20. The molecule has 0 aliphatic carbocycles. The zero-order valence-corrected chi connectivity index (χ0v) is 10.6. The molecule has 17 heavy (non-hydrogen) atoms. The summed E-state index contributed by atoms with van der Waals surface area (Å²) in [6.07, 6.45) is 5.25. The van der Waals surface area contributed by atoms with Gasteiger partial charge in [-0.15, -0.1) is 0 Å². The Balaban J connectivity index is 2.51. The number of carbonyl (C=O) groups is 2. The van der Waals surface area contributed by atoms with Crippen LogP contribution in [0.15, 0.2) is 12.2 Å². The van der Waals surface area contributed by atoms with Crippen LogP contribution in [0.25, 0.3) is 0 Å². The Bertz CT molecular complexity index is 310. The van der Waals surface area contributed by atoms with E-state index in [1.54, 1.807) is 4.90 Å². The number of rotatable bonds is 3. The molecule has 0 aromatic carbocycles. The lowest BCUT2D eigenvalue weighted by Crippen LogP contribution is -2.30. The van der Waals surface area contributed by atoms with Crippen LogP contribution in [0.3, 0.4) is 0 Å². The van der Waals surface area contributed by atoms with E-state index in [1.807, 2.05) is 0 Å². The third kappa shape index (κ3) is 4.59. The van der Waals surface area contributed by atoms with Gasteiger partial charge in [0.2, 0.25) is 5.91 Å². The average Bonchev–Trinajstić information content (AvgIpc) is 2.51. The lowest BCUT2D eigenvalue weighted by molar-refractivity contribution is -0.132. The zero-order chi connectivity index (χ0) is 12.8. The highest BCUT2D eigenvalue weighted by Crippen LogP contribution is 2.24. The molecule has 1 fully saturated rings. The van der Waals surface area contributed by atoms with E-state index in [0.717, 1.165) is 44.5 Å². The van der Waals surface area contributed by atoms with Crippen molar-refractivity contribution in [3.05, 3.63) is 12.2 Å². The molecular weight excluding hydrogens is 218 g/mol. The number of hydrogen-bond acceptors (Lipinski definition) is 2. The number of aliphatic carboxylic acids is 1. The molecule has 1 amide bonds. The maximum Gasteiger partial charge on any atom is 0.328 e. The molecule has 0 saturated carbocycles. The standard InChI is InChI=1S/C13H21NO3/c1-10(2)11-4-3-8-14(9-7-11)12(15)5-6-13(16)17/h5-6,10-11H,3-4,7-9H2,1-2H3,(H,16,17). The van der Waals surface area contributed by atoms with Crippen molar-refractivity contribution in [1.82, 2.24) is 4.90 Å². The number of carbonyl (C=O) groups excluding carboxylic acids is 1. The summed E-state index contributed by atoms with van der Waals surface area (Å²) in [6.45, 7) is 5.91. The Hall–Kier alpha value is -1.32.